The number of aromatic nitrogens is 1. The molecule has 0 atom stereocenters. The summed E-state index contributed by atoms with van der Waals surface area (Å²) in [6.45, 7) is 0.539. The summed E-state index contributed by atoms with van der Waals surface area (Å²) in [6.07, 6.45) is 0. The third kappa shape index (κ3) is 3.96. The summed E-state index contributed by atoms with van der Waals surface area (Å²) >= 11 is 0. The lowest BCUT2D eigenvalue weighted by molar-refractivity contribution is 0.100. The Labute approximate surface area is 186 Å². The van der Waals surface area contributed by atoms with Crippen molar-refractivity contribution in [3.63, 3.8) is 0 Å². The van der Waals surface area contributed by atoms with Gasteiger partial charge >= 0.3 is 0 Å². The molecule has 3 N–H and O–H groups in total. The van der Waals surface area contributed by atoms with Gasteiger partial charge in [0.15, 0.2) is 0 Å². The van der Waals surface area contributed by atoms with Crippen molar-refractivity contribution in [1.29, 1.82) is 5.26 Å². The largest absolute Gasteiger partial charge is 0.379 e. The average Bonchev–Trinajstić information content (AvgIpc) is 2.82. The molecule has 0 bridgehead atoms. The molecule has 158 valence electrons. The number of primary amides is 1. The number of fused-ring (bicyclic) bond motifs is 1. The fourth-order valence-electron chi connectivity index (χ4n) is 3.71. The van der Waals surface area contributed by atoms with Gasteiger partial charge in [-0.15, -0.1) is 0 Å². The van der Waals surface area contributed by atoms with Crippen molar-refractivity contribution in [1.82, 2.24) is 4.98 Å². The molecule has 4 aromatic rings. The smallest absolute Gasteiger partial charge is 0.249 e. The third-order valence-electron chi connectivity index (χ3n) is 5.36. The number of hydrogen-bond acceptors (Lipinski definition) is 5. The Morgan fingerprint density at radius 1 is 1.06 bits per heavy atom. The molecular formula is C26H23N5O. The van der Waals surface area contributed by atoms with Crippen LogP contribution >= 0.6 is 0 Å². The first-order valence-electron chi connectivity index (χ1n) is 10.2. The molecule has 1 heterocycles. The van der Waals surface area contributed by atoms with E-state index in [2.05, 4.69) is 11.4 Å². The average molecular weight is 422 g/mol. The number of carbonyl (C=O) groups excluding carboxylic acids is 1. The molecule has 0 unspecified atom stereocenters. The Bertz CT molecular complexity index is 1340. The van der Waals surface area contributed by atoms with Crippen LogP contribution in [-0.4, -0.2) is 25.0 Å². The molecule has 3 aromatic carbocycles. The van der Waals surface area contributed by atoms with Gasteiger partial charge in [-0.2, -0.15) is 5.26 Å². The Hall–Kier alpha value is -4.37. The van der Waals surface area contributed by atoms with E-state index >= 15 is 0 Å². The number of benzene rings is 3. The third-order valence-corrected chi connectivity index (χ3v) is 5.36. The molecule has 0 aliphatic carbocycles. The van der Waals surface area contributed by atoms with Gasteiger partial charge in [0.05, 0.1) is 16.9 Å². The van der Waals surface area contributed by atoms with Gasteiger partial charge in [-0.3, -0.25) is 4.79 Å². The number of nitriles is 1. The van der Waals surface area contributed by atoms with Crippen LogP contribution in [-0.2, 0) is 6.54 Å². The molecule has 6 nitrogen and oxygen atoms in total. The molecule has 4 rings (SSSR count). The van der Waals surface area contributed by atoms with Crippen molar-refractivity contribution in [2.45, 2.75) is 6.54 Å². The number of rotatable bonds is 6. The van der Waals surface area contributed by atoms with Crippen LogP contribution in [0.2, 0.25) is 0 Å². The zero-order chi connectivity index (χ0) is 22.7. The van der Waals surface area contributed by atoms with Crippen LogP contribution in [0, 0.1) is 11.3 Å². The van der Waals surface area contributed by atoms with E-state index in [1.54, 1.807) is 24.3 Å². The van der Waals surface area contributed by atoms with Gasteiger partial charge in [0, 0.05) is 42.8 Å². The number of pyridine rings is 1. The molecule has 0 saturated carbocycles. The van der Waals surface area contributed by atoms with Gasteiger partial charge in [-0.1, -0.05) is 48.5 Å². The monoisotopic (exact) mass is 421 g/mol. The van der Waals surface area contributed by atoms with Crippen LogP contribution in [0.5, 0.6) is 0 Å². The number of hydrogen-bond donors (Lipinski definition) is 2. The second-order valence-corrected chi connectivity index (χ2v) is 7.67. The van der Waals surface area contributed by atoms with Crippen LogP contribution in [0.3, 0.4) is 0 Å². The maximum atomic E-state index is 12.1. The van der Waals surface area contributed by atoms with E-state index in [4.69, 9.17) is 10.7 Å². The topological polar surface area (TPSA) is 95.0 Å². The lowest BCUT2D eigenvalue weighted by Gasteiger charge is -2.18. The second-order valence-electron chi connectivity index (χ2n) is 7.67. The van der Waals surface area contributed by atoms with Crippen LogP contribution in [0.15, 0.2) is 72.8 Å². The molecule has 0 spiro atoms. The van der Waals surface area contributed by atoms with Crippen molar-refractivity contribution in [2.24, 2.45) is 5.73 Å². The van der Waals surface area contributed by atoms with E-state index in [1.165, 1.54) is 0 Å². The quantitative estimate of drug-likeness (QED) is 0.476. The molecule has 0 radical (unpaired) electrons. The molecular weight excluding hydrogens is 398 g/mol. The van der Waals surface area contributed by atoms with E-state index in [0.29, 0.717) is 34.6 Å². The molecule has 0 fully saturated rings. The highest BCUT2D eigenvalue weighted by atomic mass is 16.1. The lowest BCUT2D eigenvalue weighted by atomic mass is 9.97. The summed E-state index contributed by atoms with van der Waals surface area (Å²) in [6, 6.07) is 25.2. The van der Waals surface area contributed by atoms with E-state index in [-0.39, 0.29) is 0 Å². The summed E-state index contributed by atoms with van der Waals surface area (Å²) in [5.74, 6) is -0.562. The molecule has 1 aromatic heterocycles. The Morgan fingerprint density at radius 3 is 2.47 bits per heavy atom. The highest BCUT2D eigenvalue weighted by Crippen LogP contribution is 2.36. The van der Waals surface area contributed by atoms with Crippen molar-refractivity contribution < 1.29 is 4.79 Å². The highest BCUT2D eigenvalue weighted by Gasteiger charge is 2.20. The van der Waals surface area contributed by atoms with Gasteiger partial charge in [-0.25, -0.2) is 4.98 Å². The van der Waals surface area contributed by atoms with E-state index < -0.39 is 5.91 Å². The summed E-state index contributed by atoms with van der Waals surface area (Å²) < 4.78 is 0. The minimum absolute atomic E-state index is 0.328. The van der Waals surface area contributed by atoms with E-state index in [0.717, 1.165) is 22.2 Å². The van der Waals surface area contributed by atoms with Crippen molar-refractivity contribution in [3.8, 4) is 17.3 Å². The minimum atomic E-state index is -0.562. The van der Waals surface area contributed by atoms with Gasteiger partial charge in [0.25, 0.3) is 0 Å². The number of nitrogens with zero attached hydrogens (tertiary/aromatic N) is 3. The van der Waals surface area contributed by atoms with Crippen molar-refractivity contribution in [2.75, 3.05) is 24.3 Å². The lowest BCUT2D eigenvalue weighted by Crippen LogP contribution is -2.13. The predicted octanol–water partition coefficient (Wildman–Crippen LogP) is 4.55. The van der Waals surface area contributed by atoms with Gasteiger partial charge in [-0.05, 0) is 29.8 Å². The van der Waals surface area contributed by atoms with Crippen LogP contribution < -0.4 is 16.0 Å². The molecule has 32 heavy (non-hydrogen) atoms. The first kappa shape index (κ1) is 20.9. The maximum absolute atomic E-state index is 12.1. The normalized spacial score (nSPS) is 10.5. The summed E-state index contributed by atoms with van der Waals surface area (Å²) in [7, 11) is 3.93. The summed E-state index contributed by atoms with van der Waals surface area (Å²) in [5, 5.41) is 14.5. The number of carbonyl (C=O) groups is 1. The van der Waals surface area contributed by atoms with Crippen LogP contribution in [0.4, 0.5) is 11.4 Å². The number of anilines is 2. The zero-order valence-corrected chi connectivity index (χ0v) is 18.0. The second kappa shape index (κ2) is 8.78. The fraction of sp³-hybridized carbons (Fsp3) is 0.115. The molecule has 1 amide bonds. The number of nitrogens with two attached hydrogens (primary N) is 1. The fourth-order valence-corrected chi connectivity index (χ4v) is 3.71. The van der Waals surface area contributed by atoms with Crippen molar-refractivity contribution in [3.05, 3.63) is 89.5 Å². The zero-order valence-electron chi connectivity index (χ0n) is 18.0. The Morgan fingerprint density at radius 2 is 1.78 bits per heavy atom. The van der Waals surface area contributed by atoms with Gasteiger partial charge < -0.3 is 16.0 Å². The summed E-state index contributed by atoms with van der Waals surface area (Å²) in [4.78, 5) is 18.9. The molecule has 0 saturated heterocycles. The SMILES string of the molecule is CN(C)c1ccc2nc(-c3ccccc3C(N)=O)c(C#N)c(NCc3ccccc3)c2c1. The van der Waals surface area contributed by atoms with Crippen LogP contribution in [0.1, 0.15) is 21.5 Å². The molecule has 0 aliphatic rings. The maximum Gasteiger partial charge on any atom is 0.249 e. The van der Waals surface area contributed by atoms with Crippen molar-refractivity contribution >= 4 is 28.2 Å². The Kier molecular flexibility index (Phi) is 5.73. The molecule has 0 aliphatic heterocycles. The van der Waals surface area contributed by atoms with Gasteiger partial charge in [0.1, 0.15) is 11.6 Å². The Balaban J connectivity index is 1.97. The molecule has 6 heteroatoms. The summed E-state index contributed by atoms with van der Waals surface area (Å²) in [5.41, 5.74) is 10.8. The highest BCUT2D eigenvalue weighted by molar-refractivity contribution is 6.04. The first-order chi connectivity index (χ1) is 15.5. The number of amides is 1. The van der Waals surface area contributed by atoms with E-state index in [9.17, 15) is 10.1 Å². The van der Waals surface area contributed by atoms with Crippen LogP contribution in [0.25, 0.3) is 22.2 Å². The number of nitrogens with one attached hydrogen (secondary N) is 1. The van der Waals surface area contributed by atoms with E-state index in [1.807, 2.05) is 67.5 Å². The standard InChI is InChI=1S/C26H23N5O/c1-31(2)18-12-13-23-21(14-18)24(29-16-17-8-4-3-5-9-17)22(15-27)25(30-23)19-10-6-7-11-20(19)26(28)32/h3-14H,16H2,1-2H3,(H2,28,32)(H,29,30). The minimum Gasteiger partial charge on any atom is -0.379 e. The van der Waals surface area contributed by atoms with Gasteiger partial charge in [0.2, 0.25) is 5.91 Å². The predicted molar refractivity (Wildman–Crippen MR) is 129 cm³/mol. The first-order valence-corrected chi connectivity index (χ1v) is 10.2.